The predicted molar refractivity (Wildman–Crippen MR) is 116 cm³/mol. The highest BCUT2D eigenvalue weighted by Gasteiger charge is 2.49. The SMILES string of the molecule is CC1(C)C(N)=N[C@](C)(c2cc(Nc3ncnc4cc(C#N)cnc34)ncc2F)CS1(=O)=O. The lowest BCUT2D eigenvalue weighted by Crippen LogP contribution is -2.55. The van der Waals surface area contributed by atoms with Crippen LogP contribution >= 0.6 is 0 Å². The van der Waals surface area contributed by atoms with Crippen LogP contribution in [0.5, 0.6) is 0 Å². The number of aliphatic imine (C=N–C) groups is 1. The second-order valence-electron chi connectivity index (χ2n) is 8.14. The van der Waals surface area contributed by atoms with Crippen LogP contribution in [0, 0.1) is 17.1 Å². The lowest BCUT2D eigenvalue weighted by Gasteiger charge is -2.37. The molecule has 0 aromatic carbocycles. The van der Waals surface area contributed by atoms with E-state index >= 15 is 0 Å². The van der Waals surface area contributed by atoms with Gasteiger partial charge in [0.2, 0.25) is 0 Å². The summed E-state index contributed by atoms with van der Waals surface area (Å²) in [5, 5.41) is 12.0. The maximum absolute atomic E-state index is 14.8. The number of nitrogens with two attached hydrogens (primary N) is 1. The van der Waals surface area contributed by atoms with Gasteiger partial charge in [0.25, 0.3) is 0 Å². The van der Waals surface area contributed by atoms with Gasteiger partial charge in [-0.25, -0.2) is 32.7 Å². The predicted octanol–water partition coefficient (Wildman–Crippen LogP) is 1.95. The molecule has 0 saturated heterocycles. The van der Waals surface area contributed by atoms with E-state index in [1.807, 2.05) is 6.07 Å². The molecule has 10 nitrogen and oxygen atoms in total. The third-order valence-corrected chi connectivity index (χ3v) is 8.23. The van der Waals surface area contributed by atoms with E-state index in [9.17, 15) is 12.8 Å². The van der Waals surface area contributed by atoms with Gasteiger partial charge in [-0.3, -0.25) is 4.99 Å². The molecular weight excluding hydrogens is 435 g/mol. The monoisotopic (exact) mass is 454 g/mol. The van der Waals surface area contributed by atoms with Crippen LogP contribution in [0.1, 0.15) is 31.9 Å². The first-order valence-electron chi connectivity index (χ1n) is 9.49. The van der Waals surface area contributed by atoms with E-state index in [0.29, 0.717) is 16.6 Å². The molecule has 0 fully saturated rings. The Bertz CT molecular complexity index is 1430. The summed E-state index contributed by atoms with van der Waals surface area (Å²) in [4.78, 5) is 20.8. The number of anilines is 2. The van der Waals surface area contributed by atoms with Gasteiger partial charge in [-0.2, -0.15) is 5.26 Å². The minimum Gasteiger partial charge on any atom is -0.386 e. The van der Waals surface area contributed by atoms with Crippen molar-refractivity contribution in [3.05, 3.63) is 47.8 Å². The second-order valence-corrected chi connectivity index (χ2v) is 10.7. The molecular formula is C20H19FN8O2S. The largest absolute Gasteiger partial charge is 0.386 e. The van der Waals surface area contributed by atoms with Crippen molar-refractivity contribution in [2.45, 2.75) is 31.1 Å². The molecule has 3 N–H and O–H groups in total. The summed E-state index contributed by atoms with van der Waals surface area (Å²) in [5.41, 5.74) is 5.72. The van der Waals surface area contributed by atoms with E-state index in [-0.39, 0.29) is 23.0 Å². The van der Waals surface area contributed by atoms with Crippen LogP contribution < -0.4 is 11.1 Å². The molecule has 3 aromatic rings. The molecule has 0 unspecified atom stereocenters. The molecule has 0 amide bonds. The van der Waals surface area contributed by atoms with Gasteiger partial charge in [0.05, 0.1) is 23.0 Å². The van der Waals surface area contributed by atoms with Crippen molar-refractivity contribution in [3.8, 4) is 6.07 Å². The number of fused-ring (bicyclic) bond motifs is 1. The molecule has 4 rings (SSSR count). The summed E-state index contributed by atoms with van der Waals surface area (Å²) in [6, 6.07) is 4.92. The molecule has 32 heavy (non-hydrogen) atoms. The number of nitriles is 1. The van der Waals surface area contributed by atoms with Crippen LogP contribution in [-0.4, -0.2) is 44.7 Å². The Morgan fingerprint density at radius 2 is 1.91 bits per heavy atom. The van der Waals surface area contributed by atoms with E-state index in [4.69, 9.17) is 11.0 Å². The topological polar surface area (TPSA) is 160 Å². The summed E-state index contributed by atoms with van der Waals surface area (Å²) in [6.45, 7) is 4.46. The fraction of sp³-hybridized carbons (Fsp3) is 0.300. The van der Waals surface area contributed by atoms with E-state index in [1.54, 1.807) is 6.07 Å². The fourth-order valence-corrected chi connectivity index (χ4v) is 5.10. The highest BCUT2D eigenvalue weighted by Crippen LogP contribution is 2.38. The summed E-state index contributed by atoms with van der Waals surface area (Å²) in [7, 11) is -3.71. The number of hydrogen-bond acceptors (Lipinski definition) is 10. The van der Waals surface area contributed by atoms with Crippen molar-refractivity contribution in [2.75, 3.05) is 11.1 Å². The minimum atomic E-state index is -3.71. The molecule has 164 valence electrons. The Hall–Kier alpha value is -3.72. The molecule has 0 aliphatic carbocycles. The summed E-state index contributed by atoms with van der Waals surface area (Å²) in [5.74, 6) is -0.728. The number of nitrogens with zero attached hydrogens (tertiary/aromatic N) is 6. The molecule has 4 heterocycles. The molecule has 0 radical (unpaired) electrons. The first-order chi connectivity index (χ1) is 15.0. The van der Waals surface area contributed by atoms with Gasteiger partial charge < -0.3 is 11.1 Å². The third kappa shape index (κ3) is 3.40. The number of hydrogen-bond donors (Lipinski definition) is 2. The lowest BCUT2D eigenvalue weighted by molar-refractivity contribution is 0.474. The fourth-order valence-electron chi connectivity index (χ4n) is 3.42. The van der Waals surface area contributed by atoms with E-state index in [2.05, 4.69) is 30.2 Å². The molecule has 1 atom stereocenters. The number of rotatable bonds is 3. The summed E-state index contributed by atoms with van der Waals surface area (Å²) < 4.78 is 39.1. The maximum Gasteiger partial charge on any atom is 0.165 e. The van der Waals surface area contributed by atoms with Gasteiger partial charge in [0.1, 0.15) is 45.7 Å². The Morgan fingerprint density at radius 1 is 1.16 bits per heavy atom. The highest BCUT2D eigenvalue weighted by atomic mass is 32.2. The summed E-state index contributed by atoms with van der Waals surface area (Å²) >= 11 is 0. The molecule has 12 heteroatoms. The second kappa shape index (κ2) is 7.16. The Balaban J connectivity index is 1.78. The lowest BCUT2D eigenvalue weighted by atomic mass is 9.94. The number of nitrogens with one attached hydrogen (secondary N) is 1. The average molecular weight is 454 g/mol. The smallest absolute Gasteiger partial charge is 0.165 e. The van der Waals surface area contributed by atoms with Crippen LogP contribution in [0.15, 0.2) is 35.8 Å². The van der Waals surface area contributed by atoms with Gasteiger partial charge in [0, 0.05) is 11.8 Å². The van der Waals surface area contributed by atoms with E-state index in [1.165, 1.54) is 39.4 Å². The highest BCUT2D eigenvalue weighted by molar-refractivity contribution is 7.93. The van der Waals surface area contributed by atoms with Crippen LogP contribution in [0.2, 0.25) is 0 Å². The van der Waals surface area contributed by atoms with Crippen LogP contribution in [0.25, 0.3) is 11.0 Å². The summed E-state index contributed by atoms with van der Waals surface area (Å²) in [6.07, 6.45) is 3.65. The quantitative estimate of drug-likeness (QED) is 0.603. The van der Waals surface area contributed by atoms with Gasteiger partial charge in [-0.05, 0) is 32.9 Å². The maximum atomic E-state index is 14.8. The van der Waals surface area contributed by atoms with Gasteiger partial charge in [0.15, 0.2) is 15.7 Å². The van der Waals surface area contributed by atoms with Crippen LogP contribution in [0.3, 0.4) is 0 Å². The van der Waals surface area contributed by atoms with Gasteiger partial charge >= 0.3 is 0 Å². The minimum absolute atomic E-state index is 0.0233. The van der Waals surface area contributed by atoms with Gasteiger partial charge in [-0.15, -0.1) is 0 Å². The first-order valence-corrected chi connectivity index (χ1v) is 11.1. The third-order valence-electron chi connectivity index (χ3n) is 5.52. The Labute approximate surface area is 183 Å². The molecule has 3 aromatic heterocycles. The van der Waals surface area contributed by atoms with Crippen molar-refractivity contribution >= 4 is 38.3 Å². The zero-order valence-corrected chi connectivity index (χ0v) is 18.3. The average Bonchev–Trinajstić information content (AvgIpc) is 2.73. The molecule has 0 bridgehead atoms. The molecule has 0 saturated carbocycles. The van der Waals surface area contributed by atoms with Gasteiger partial charge in [-0.1, -0.05) is 0 Å². The van der Waals surface area contributed by atoms with Crippen molar-refractivity contribution in [1.29, 1.82) is 5.26 Å². The molecule has 0 spiro atoms. The number of halogens is 1. The number of aromatic nitrogens is 4. The van der Waals surface area contributed by atoms with Crippen LogP contribution in [-0.2, 0) is 15.4 Å². The Morgan fingerprint density at radius 3 is 2.59 bits per heavy atom. The Kier molecular flexibility index (Phi) is 4.82. The van der Waals surface area contributed by atoms with Crippen molar-refractivity contribution in [2.24, 2.45) is 10.7 Å². The molecule has 1 aliphatic heterocycles. The normalized spacial score (nSPS) is 21.5. The standard InChI is InChI=1S/C20H19FN8O2S/c1-19(2)18(23)29-20(3,9-32(19,30)31)12-5-15(24-8-13(12)21)28-17-16-14(26-10-27-17)4-11(6-22)7-25-16/h4-5,7-8,10H,9H2,1-3H3,(H2,23,29)(H,24,26,27,28)/t20-/m0/s1. The molecule has 1 aliphatic rings. The zero-order valence-electron chi connectivity index (χ0n) is 17.5. The van der Waals surface area contributed by atoms with E-state index in [0.717, 1.165) is 6.20 Å². The number of sulfone groups is 1. The van der Waals surface area contributed by atoms with Crippen molar-refractivity contribution < 1.29 is 12.8 Å². The van der Waals surface area contributed by atoms with Crippen LogP contribution in [0.4, 0.5) is 16.0 Å². The van der Waals surface area contributed by atoms with E-state index < -0.39 is 31.7 Å². The van der Waals surface area contributed by atoms with Crippen molar-refractivity contribution in [3.63, 3.8) is 0 Å². The van der Waals surface area contributed by atoms with Crippen molar-refractivity contribution in [1.82, 2.24) is 19.9 Å². The number of amidine groups is 1. The zero-order chi connectivity index (χ0) is 23.3. The first kappa shape index (κ1) is 21.5. The number of pyridine rings is 2.